The van der Waals surface area contributed by atoms with E-state index >= 15 is 0 Å². The number of carbonyl (C=O) groups is 2. The molecule has 1 fully saturated rings. The average Bonchev–Trinajstić information content (AvgIpc) is 3.36. The lowest BCUT2D eigenvalue weighted by Gasteiger charge is -2.18. The van der Waals surface area contributed by atoms with Crippen molar-refractivity contribution in [3.05, 3.63) is 82.6 Å². The Morgan fingerprint density at radius 1 is 1.09 bits per heavy atom. The highest BCUT2D eigenvalue weighted by molar-refractivity contribution is 6.07. The molecule has 0 spiro atoms. The van der Waals surface area contributed by atoms with E-state index in [1.54, 1.807) is 31.0 Å². The van der Waals surface area contributed by atoms with E-state index in [1.807, 2.05) is 42.5 Å². The summed E-state index contributed by atoms with van der Waals surface area (Å²) in [4.78, 5) is 44.0. The van der Waals surface area contributed by atoms with Crippen LogP contribution in [0.3, 0.4) is 0 Å². The minimum Gasteiger partial charge on any atom is -0.457 e. The molecule has 172 valence electrons. The molecule has 0 aliphatic carbocycles. The van der Waals surface area contributed by atoms with Gasteiger partial charge >= 0.3 is 0 Å². The first-order chi connectivity index (χ1) is 16.4. The van der Waals surface area contributed by atoms with Crippen LogP contribution < -0.4 is 20.5 Å². The van der Waals surface area contributed by atoms with Gasteiger partial charge in [-0.3, -0.25) is 14.4 Å². The number of aryl methyl sites for hydroxylation is 2. The third-order valence-corrected chi connectivity index (χ3v) is 5.76. The minimum atomic E-state index is -0.465. The molecule has 4 aromatic rings. The maximum Gasteiger partial charge on any atom is 0.265 e. The van der Waals surface area contributed by atoms with Crippen molar-refractivity contribution in [3.63, 3.8) is 0 Å². The van der Waals surface area contributed by atoms with E-state index in [2.05, 4.69) is 10.3 Å². The number of amides is 2. The highest BCUT2D eigenvalue weighted by Gasteiger charge is 2.33. The van der Waals surface area contributed by atoms with Crippen LogP contribution in [0.25, 0.3) is 11.1 Å². The zero-order valence-electron chi connectivity index (χ0n) is 18.6. The summed E-state index contributed by atoms with van der Waals surface area (Å²) in [5.41, 5.74) is 0.615. The number of rotatable bonds is 5. The number of nitrogens with zero attached hydrogens (tertiary/aromatic N) is 3. The second-order valence-electron chi connectivity index (χ2n) is 8.16. The van der Waals surface area contributed by atoms with E-state index in [9.17, 15) is 14.4 Å². The third-order valence-electron chi connectivity index (χ3n) is 5.76. The van der Waals surface area contributed by atoms with Crippen molar-refractivity contribution in [2.45, 2.75) is 19.4 Å². The van der Waals surface area contributed by atoms with Gasteiger partial charge in [0.15, 0.2) is 0 Å². The summed E-state index contributed by atoms with van der Waals surface area (Å²) < 4.78 is 12.6. The lowest BCUT2D eigenvalue weighted by atomic mass is 10.1. The highest BCUT2D eigenvalue weighted by Crippen LogP contribution is 2.27. The SMILES string of the molecule is Cc1oc2ncn(C)c(=O)c2c1C(=O)NC1CC(=O)N(c2ccc(Oc3ccccc3)cc2)C1. The van der Waals surface area contributed by atoms with E-state index in [-0.39, 0.29) is 34.6 Å². The van der Waals surface area contributed by atoms with Gasteiger partial charge in [-0.2, -0.15) is 0 Å². The molecule has 3 heterocycles. The van der Waals surface area contributed by atoms with Gasteiger partial charge in [-0.05, 0) is 43.3 Å². The number of para-hydroxylation sites is 1. The van der Waals surface area contributed by atoms with Crippen LogP contribution in [-0.2, 0) is 11.8 Å². The Morgan fingerprint density at radius 2 is 1.79 bits per heavy atom. The van der Waals surface area contributed by atoms with E-state index in [0.717, 1.165) is 5.75 Å². The molecular weight excluding hydrogens is 436 g/mol. The van der Waals surface area contributed by atoms with Crippen molar-refractivity contribution >= 4 is 28.6 Å². The van der Waals surface area contributed by atoms with Crippen molar-refractivity contribution in [3.8, 4) is 11.5 Å². The first kappa shape index (κ1) is 21.4. The molecule has 2 aromatic heterocycles. The van der Waals surface area contributed by atoms with Gasteiger partial charge in [0, 0.05) is 25.7 Å². The van der Waals surface area contributed by atoms with Crippen molar-refractivity contribution in [1.29, 1.82) is 0 Å². The molecule has 1 N–H and O–H groups in total. The second kappa shape index (κ2) is 8.51. The monoisotopic (exact) mass is 458 g/mol. The van der Waals surface area contributed by atoms with Crippen LogP contribution in [0, 0.1) is 6.92 Å². The van der Waals surface area contributed by atoms with Gasteiger partial charge in [0.1, 0.15) is 29.0 Å². The molecule has 9 heteroatoms. The first-order valence-electron chi connectivity index (χ1n) is 10.8. The molecule has 1 saturated heterocycles. The van der Waals surface area contributed by atoms with Gasteiger partial charge in [0.05, 0.1) is 11.6 Å². The van der Waals surface area contributed by atoms with Crippen molar-refractivity contribution < 1.29 is 18.7 Å². The average molecular weight is 458 g/mol. The predicted octanol–water partition coefficient (Wildman–Crippen LogP) is 3.16. The largest absolute Gasteiger partial charge is 0.457 e. The Morgan fingerprint density at radius 3 is 2.53 bits per heavy atom. The van der Waals surface area contributed by atoms with Gasteiger partial charge in [-0.1, -0.05) is 18.2 Å². The summed E-state index contributed by atoms with van der Waals surface area (Å²) in [7, 11) is 1.56. The molecule has 1 unspecified atom stereocenters. The lowest BCUT2D eigenvalue weighted by Crippen LogP contribution is -2.37. The zero-order chi connectivity index (χ0) is 23.8. The number of anilines is 1. The van der Waals surface area contributed by atoms with Crippen LogP contribution in [0.1, 0.15) is 22.5 Å². The predicted molar refractivity (Wildman–Crippen MR) is 125 cm³/mol. The normalized spacial score (nSPS) is 15.6. The molecule has 2 amide bonds. The molecular formula is C25H22N4O5. The summed E-state index contributed by atoms with van der Waals surface area (Å²) in [6, 6.07) is 16.2. The molecule has 5 rings (SSSR count). The topological polar surface area (TPSA) is 107 Å². The fraction of sp³-hybridized carbons (Fsp3) is 0.200. The minimum absolute atomic E-state index is 0.103. The van der Waals surface area contributed by atoms with Gasteiger partial charge in [-0.15, -0.1) is 0 Å². The zero-order valence-corrected chi connectivity index (χ0v) is 18.6. The smallest absolute Gasteiger partial charge is 0.265 e. The summed E-state index contributed by atoms with van der Waals surface area (Å²) >= 11 is 0. The Hall–Kier alpha value is -4.40. The van der Waals surface area contributed by atoms with Gasteiger partial charge in [0.25, 0.3) is 11.5 Å². The number of nitrogens with one attached hydrogen (secondary N) is 1. The molecule has 1 aliphatic heterocycles. The highest BCUT2D eigenvalue weighted by atomic mass is 16.5. The quantitative estimate of drug-likeness (QED) is 0.492. The number of carbonyl (C=O) groups excluding carboxylic acids is 2. The first-order valence-corrected chi connectivity index (χ1v) is 10.8. The van der Waals surface area contributed by atoms with Crippen LogP contribution in [0.5, 0.6) is 11.5 Å². The maximum absolute atomic E-state index is 13.0. The number of benzene rings is 2. The standard InChI is InChI=1S/C25H22N4O5/c1-15-21(22-24(33-15)26-14-28(2)25(22)32)23(31)27-16-12-20(30)29(13-16)17-8-10-19(11-9-17)34-18-6-4-3-5-7-18/h3-11,14,16H,12-13H2,1-2H3,(H,27,31). The lowest BCUT2D eigenvalue weighted by molar-refractivity contribution is -0.117. The van der Waals surface area contributed by atoms with E-state index in [4.69, 9.17) is 9.15 Å². The molecule has 2 aromatic carbocycles. The van der Waals surface area contributed by atoms with Crippen molar-refractivity contribution in [2.75, 3.05) is 11.4 Å². The Kier molecular flexibility index (Phi) is 5.37. The number of hydrogen-bond acceptors (Lipinski definition) is 6. The number of ether oxygens (including phenoxy) is 1. The van der Waals surface area contributed by atoms with Crippen molar-refractivity contribution in [2.24, 2.45) is 7.05 Å². The number of furan rings is 1. The van der Waals surface area contributed by atoms with Gasteiger partial charge < -0.3 is 23.9 Å². The van der Waals surface area contributed by atoms with Crippen LogP contribution in [0.15, 0.2) is 70.1 Å². The molecule has 1 aliphatic rings. The maximum atomic E-state index is 13.0. The number of aromatic nitrogens is 2. The van der Waals surface area contributed by atoms with E-state index in [1.165, 1.54) is 10.9 Å². The van der Waals surface area contributed by atoms with Crippen LogP contribution >= 0.6 is 0 Å². The molecule has 9 nitrogen and oxygen atoms in total. The van der Waals surface area contributed by atoms with Crippen LogP contribution in [0.4, 0.5) is 5.69 Å². The van der Waals surface area contributed by atoms with Gasteiger partial charge in [-0.25, -0.2) is 4.98 Å². The van der Waals surface area contributed by atoms with Crippen LogP contribution in [-0.4, -0.2) is 34.0 Å². The Balaban J connectivity index is 1.30. The van der Waals surface area contributed by atoms with Crippen molar-refractivity contribution in [1.82, 2.24) is 14.9 Å². The second-order valence-corrected chi connectivity index (χ2v) is 8.16. The van der Waals surface area contributed by atoms with Crippen LogP contribution in [0.2, 0.25) is 0 Å². The number of hydrogen-bond donors (Lipinski definition) is 1. The summed E-state index contributed by atoms with van der Waals surface area (Å²) in [5, 5.41) is 3.01. The fourth-order valence-electron chi connectivity index (χ4n) is 4.09. The Labute approximate surface area is 194 Å². The number of fused-ring (bicyclic) bond motifs is 1. The van der Waals surface area contributed by atoms with E-state index in [0.29, 0.717) is 23.7 Å². The summed E-state index contributed by atoms with van der Waals surface area (Å²) in [6.45, 7) is 1.93. The van der Waals surface area contributed by atoms with E-state index < -0.39 is 11.9 Å². The molecule has 0 bridgehead atoms. The third kappa shape index (κ3) is 3.92. The fourth-order valence-corrected chi connectivity index (χ4v) is 4.09. The summed E-state index contributed by atoms with van der Waals surface area (Å²) in [6.07, 6.45) is 1.50. The Bertz CT molecular complexity index is 1440. The molecule has 0 radical (unpaired) electrons. The summed E-state index contributed by atoms with van der Waals surface area (Å²) in [5.74, 6) is 1.12. The molecule has 0 saturated carbocycles. The molecule has 1 atom stereocenters. The van der Waals surface area contributed by atoms with Gasteiger partial charge in [0.2, 0.25) is 11.6 Å². The molecule has 34 heavy (non-hydrogen) atoms.